The zero-order valence-electron chi connectivity index (χ0n) is 15.6. The zero-order valence-corrected chi connectivity index (χ0v) is 17.2. The van der Waals surface area contributed by atoms with Gasteiger partial charge in [-0.2, -0.15) is 0 Å². The molecule has 0 fully saturated rings. The summed E-state index contributed by atoms with van der Waals surface area (Å²) in [4.78, 5) is 23.0. The number of benzene rings is 2. The second-order valence-corrected chi connectivity index (χ2v) is 7.38. The van der Waals surface area contributed by atoms with Crippen LogP contribution >= 0.6 is 15.9 Å². The summed E-state index contributed by atoms with van der Waals surface area (Å²) in [5.74, 6) is -2.60. The van der Waals surface area contributed by atoms with Crippen LogP contribution in [0.4, 0.5) is 14.9 Å². The minimum Gasteiger partial charge on any atom is -0.505 e. The summed E-state index contributed by atoms with van der Waals surface area (Å²) < 4.78 is 20.2. The van der Waals surface area contributed by atoms with Crippen LogP contribution in [0.2, 0.25) is 0 Å². The lowest BCUT2D eigenvalue weighted by Gasteiger charge is -2.24. The van der Waals surface area contributed by atoms with Crippen LogP contribution < -0.4 is 5.32 Å². The number of hydrogen-bond donors (Lipinski definition) is 3. The largest absolute Gasteiger partial charge is 0.505 e. The van der Waals surface area contributed by atoms with E-state index < -0.39 is 29.7 Å². The summed E-state index contributed by atoms with van der Waals surface area (Å²) in [6.45, 7) is 1.82. The number of ether oxygens (including phenoxy) is 1. The van der Waals surface area contributed by atoms with Crippen molar-refractivity contribution >= 4 is 33.7 Å². The number of allylic oxidation sites excluding steroid dienone is 1. The van der Waals surface area contributed by atoms with Gasteiger partial charge in [0.25, 0.3) is 0 Å². The molecular weight excluding hydrogens is 445 g/mol. The molecule has 0 aliphatic rings. The van der Waals surface area contributed by atoms with Crippen molar-refractivity contribution < 1.29 is 28.9 Å². The number of amides is 1. The number of rotatable bonds is 8. The lowest BCUT2D eigenvalue weighted by atomic mass is 9.93. The van der Waals surface area contributed by atoms with E-state index in [0.717, 1.165) is 16.6 Å². The second-order valence-electron chi connectivity index (χ2n) is 6.46. The number of carbonyl (C=O) groups is 2. The first-order valence-corrected chi connectivity index (χ1v) is 9.66. The Kier molecular flexibility index (Phi) is 8.21. The Labute approximate surface area is 176 Å². The highest BCUT2D eigenvalue weighted by molar-refractivity contribution is 9.10. The molecule has 0 saturated heterocycles. The monoisotopic (exact) mass is 465 g/mol. The number of phenolic OH excluding ortho intramolecular Hbond substituents is 1. The van der Waals surface area contributed by atoms with E-state index >= 15 is 0 Å². The molecule has 1 amide bonds. The van der Waals surface area contributed by atoms with Gasteiger partial charge in [-0.15, -0.1) is 0 Å². The van der Waals surface area contributed by atoms with Crippen molar-refractivity contribution in [3.8, 4) is 5.75 Å². The Balaban J connectivity index is 2.14. The number of aliphatic carboxylic acids is 1. The molecule has 0 spiro atoms. The smallest absolute Gasteiger partial charge is 0.412 e. The number of carbonyl (C=O) groups excluding carboxylic acids is 1. The van der Waals surface area contributed by atoms with Gasteiger partial charge in [-0.05, 0) is 60.7 Å². The summed E-state index contributed by atoms with van der Waals surface area (Å²) >= 11 is 3.31. The predicted molar refractivity (Wildman–Crippen MR) is 110 cm³/mol. The molecule has 0 aliphatic carbocycles. The van der Waals surface area contributed by atoms with Crippen LogP contribution in [0.3, 0.4) is 0 Å². The number of phenols is 1. The third-order valence-corrected chi connectivity index (χ3v) is 4.72. The van der Waals surface area contributed by atoms with Crippen LogP contribution in [0, 0.1) is 11.7 Å². The number of halogens is 2. The van der Waals surface area contributed by atoms with Gasteiger partial charge in [0.15, 0.2) is 11.6 Å². The van der Waals surface area contributed by atoms with Gasteiger partial charge in [-0.3, -0.25) is 5.32 Å². The van der Waals surface area contributed by atoms with Crippen LogP contribution in [0.1, 0.15) is 31.4 Å². The average molecular weight is 466 g/mol. The maximum atomic E-state index is 13.8. The van der Waals surface area contributed by atoms with Crippen LogP contribution in [-0.4, -0.2) is 22.3 Å². The van der Waals surface area contributed by atoms with Gasteiger partial charge in [-0.1, -0.05) is 35.0 Å². The van der Waals surface area contributed by atoms with Gasteiger partial charge < -0.3 is 14.9 Å². The SMILES string of the molecule is C[C@H](CC/C=C/C(=O)O)[C@H](OC(=O)Nc1ccc(Br)cc1)c1ccc(O)c(F)c1. The van der Waals surface area contributed by atoms with Gasteiger partial charge in [0.1, 0.15) is 6.10 Å². The topological polar surface area (TPSA) is 95.9 Å². The Morgan fingerprint density at radius 1 is 1.24 bits per heavy atom. The van der Waals surface area contributed by atoms with E-state index in [2.05, 4.69) is 21.2 Å². The Bertz CT molecular complexity index is 885. The molecule has 0 heterocycles. The Hall–Kier alpha value is -2.87. The first kappa shape index (κ1) is 22.4. The maximum Gasteiger partial charge on any atom is 0.412 e. The number of anilines is 1. The number of carboxylic acid groups (broad SMARTS) is 1. The molecular formula is C21H21BrFNO5. The van der Waals surface area contributed by atoms with Crippen LogP contribution in [0.15, 0.2) is 59.1 Å². The fourth-order valence-corrected chi connectivity index (χ4v) is 2.97. The normalized spacial score (nSPS) is 13.1. The molecule has 154 valence electrons. The van der Waals surface area contributed by atoms with Crippen molar-refractivity contribution in [3.63, 3.8) is 0 Å². The van der Waals surface area contributed by atoms with E-state index in [0.29, 0.717) is 24.1 Å². The third-order valence-electron chi connectivity index (χ3n) is 4.19. The van der Waals surface area contributed by atoms with Crippen molar-refractivity contribution in [1.82, 2.24) is 0 Å². The number of hydrogen-bond acceptors (Lipinski definition) is 4. The second kappa shape index (κ2) is 10.6. The highest BCUT2D eigenvalue weighted by Crippen LogP contribution is 2.32. The van der Waals surface area contributed by atoms with Crippen LogP contribution in [0.25, 0.3) is 0 Å². The molecule has 0 aliphatic heterocycles. The molecule has 6 nitrogen and oxygen atoms in total. The van der Waals surface area contributed by atoms with Crippen molar-refractivity contribution in [2.45, 2.75) is 25.9 Å². The van der Waals surface area contributed by atoms with E-state index in [-0.39, 0.29) is 5.92 Å². The van der Waals surface area contributed by atoms with E-state index in [1.165, 1.54) is 18.2 Å². The molecule has 2 rings (SSSR count). The number of aromatic hydroxyl groups is 1. The minimum atomic E-state index is -1.04. The molecule has 29 heavy (non-hydrogen) atoms. The van der Waals surface area contributed by atoms with Crippen molar-refractivity contribution in [1.29, 1.82) is 0 Å². The van der Waals surface area contributed by atoms with Crippen LogP contribution in [0.5, 0.6) is 5.75 Å². The third kappa shape index (κ3) is 7.23. The Morgan fingerprint density at radius 3 is 2.55 bits per heavy atom. The Morgan fingerprint density at radius 2 is 1.93 bits per heavy atom. The van der Waals surface area contributed by atoms with E-state index in [4.69, 9.17) is 9.84 Å². The summed E-state index contributed by atoms with van der Waals surface area (Å²) in [6, 6.07) is 10.7. The summed E-state index contributed by atoms with van der Waals surface area (Å²) in [6.07, 6.45) is 2.00. The first-order chi connectivity index (χ1) is 13.8. The number of carboxylic acids is 1. The summed E-state index contributed by atoms with van der Waals surface area (Å²) in [5, 5.41) is 20.7. The molecule has 2 aromatic rings. The van der Waals surface area contributed by atoms with E-state index in [1.54, 1.807) is 24.3 Å². The first-order valence-electron chi connectivity index (χ1n) is 8.87. The molecule has 2 aromatic carbocycles. The lowest BCUT2D eigenvalue weighted by molar-refractivity contribution is -0.131. The van der Waals surface area contributed by atoms with E-state index in [9.17, 15) is 19.1 Å². The number of nitrogens with one attached hydrogen (secondary N) is 1. The predicted octanol–water partition coefficient (Wildman–Crippen LogP) is 5.64. The molecule has 0 unspecified atom stereocenters. The molecule has 8 heteroatoms. The average Bonchev–Trinajstić information content (AvgIpc) is 2.67. The highest BCUT2D eigenvalue weighted by atomic mass is 79.9. The molecule has 0 saturated carbocycles. The summed E-state index contributed by atoms with van der Waals surface area (Å²) in [5.41, 5.74) is 0.923. The molecule has 0 radical (unpaired) electrons. The van der Waals surface area contributed by atoms with Gasteiger partial charge in [-0.25, -0.2) is 14.0 Å². The van der Waals surface area contributed by atoms with Crippen molar-refractivity contribution in [2.24, 2.45) is 5.92 Å². The summed E-state index contributed by atoms with van der Waals surface area (Å²) in [7, 11) is 0. The maximum absolute atomic E-state index is 13.8. The van der Waals surface area contributed by atoms with Crippen molar-refractivity contribution in [3.05, 3.63) is 70.5 Å². The van der Waals surface area contributed by atoms with Gasteiger partial charge in [0.05, 0.1) is 0 Å². The standard InChI is InChI=1S/C21H21BrFNO5/c1-13(4-2-3-5-19(26)27)20(14-6-11-18(25)17(23)12-14)29-21(28)24-16-9-7-15(22)8-10-16/h3,5-13,20,25H,2,4H2,1H3,(H,24,28)(H,26,27)/b5-3+/t13-,20+/m1/s1. The molecule has 0 bridgehead atoms. The van der Waals surface area contributed by atoms with Gasteiger partial charge >= 0.3 is 12.1 Å². The van der Waals surface area contributed by atoms with Gasteiger partial charge in [0, 0.05) is 16.2 Å². The van der Waals surface area contributed by atoms with Crippen molar-refractivity contribution in [2.75, 3.05) is 5.32 Å². The van der Waals surface area contributed by atoms with Gasteiger partial charge in [0.2, 0.25) is 0 Å². The quantitative estimate of drug-likeness (QED) is 0.438. The highest BCUT2D eigenvalue weighted by Gasteiger charge is 2.24. The molecule has 2 atom stereocenters. The minimum absolute atomic E-state index is 0.243. The fourth-order valence-electron chi connectivity index (χ4n) is 2.70. The van der Waals surface area contributed by atoms with E-state index in [1.807, 2.05) is 6.92 Å². The lowest BCUT2D eigenvalue weighted by Crippen LogP contribution is -2.22. The molecule has 0 aromatic heterocycles. The fraction of sp³-hybridized carbons (Fsp3) is 0.238. The molecule has 3 N–H and O–H groups in total. The zero-order chi connectivity index (χ0) is 21.4. The van der Waals surface area contributed by atoms with Crippen LogP contribution in [-0.2, 0) is 9.53 Å².